The summed E-state index contributed by atoms with van der Waals surface area (Å²) in [4.78, 5) is 13.6. The van der Waals surface area contributed by atoms with Gasteiger partial charge in [-0.25, -0.2) is 4.98 Å². The van der Waals surface area contributed by atoms with Gasteiger partial charge in [0.25, 0.3) is 0 Å². The first kappa shape index (κ1) is 17.4. The molecule has 8 nitrogen and oxygen atoms in total. The van der Waals surface area contributed by atoms with Crippen LogP contribution in [0, 0.1) is 6.92 Å². The van der Waals surface area contributed by atoms with Gasteiger partial charge in [0.15, 0.2) is 5.76 Å². The normalized spacial score (nSPS) is 17.3. The SMILES string of the molecule is Cc1c(N)nc(Nc2ccc(N3CCN(C)CC3)cc2)nc1C1=COCO1. The smallest absolute Gasteiger partial charge is 0.230 e. The zero-order valence-electron chi connectivity index (χ0n) is 15.6. The van der Waals surface area contributed by atoms with Gasteiger partial charge in [-0.1, -0.05) is 0 Å². The molecule has 0 amide bonds. The van der Waals surface area contributed by atoms with Gasteiger partial charge in [-0.15, -0.1) is 0 Å². The van der Waals surface area contributed by atoms with Crippen molar-refractivity contribution in [3.8, 4) is 0 Å². The molecule has 2 aromatic rings. The average molecular weight is 368 g/mol. The maximum Gasteiger partial charge on any atom is 0.230 e. The third-order valence-corrected chi connectivity index (χ3v) is 4.88. The Labute approximate surface area is 158 Å². The first-order valence-electron chi connectivity index (χ1n) is 9.00. The quantitative estimate of drug-likeness (QED) is 0.849. The highest BCUT2D eigenvalue weighted by molar-refractivity contribution is 5.67. The number of anilines is 4. The molecule has 3 heterocycles. The Morgan fingerprint density at radius 2 is 1.81 bits per heavy atom. The Balaban J connectivity index is 1.50. The Hall–Kier alpha value is -3.00. The van der Waals surface area contributed by atoms with Crippen LogP contribution < -0.4 is 16.0 Å². The molecule has 2 aliphatic heterocycles. The van der Waals surface area contributed by atoms with Gasteiger partial charge < -0.3 is 30.3 Å². The highest BCUT2D eigenvalue weighted by atomic mass is 16.7. The van der Waals surface area contributed by atoms with Crippen LogP contribution in [0.15, 0.2) is 30.5 Å². The minimum atomic E-state index is 0.190. The van der Waals surface area contributed by atoms with Crippen LogP contribution in [-0.2, 0) is 9.47 Å². The Morgan fingerprint density at radius 3 is 2.48 bits per heavy atom. The fourth-order valence-corrected chi connectivity index (χ4v) is 3.14. The molecule has 142 valence electrons. The molecule has 0 saturated carbocycles. The van der Waals surface area contributed by atoms with Crippen LogP contribution in [0.25, 0.3) is 5.76 Å². The predicted molar refractivity (Wildman–Crippen MR) is 106 cm³/mol. The number of ether oxygens (including phenoxy) is 2. The first-order chi connectivity index (χ1) is 13.1. The van der Waals surface area contributed by atoms with Crippen LogP contribution in [0.2, 0.25) is 0 Å². The van der Waals surface area contributed by atoms with Gasteiger partial charge in [-0.3, -0.25) is 0 Å². The van der Waals surface area contributed by atoms with Gasteiger partial charge in [-0.05, 0) is 38.2 Å². The van der Waals surface area contributed by atoms with E-state index in [0.29, 0.717) is 23.2 Å². The van der Waals surface area contributed by atoms with Crippen molar-refractivity contribution >= 4 is 28.9 Å². The van der Waals surface area contributed by atoms with Crippen molar-refractivity contribution in [1.29, 1.82) is 0 Å². The molecule has 0 radical (unpaired) electrons. The fraction of sp³-hybridized carbons (Fsp3) is 0.368. The summed E-state index contributed by atoms with van der Waals surface area (Å²) in [5, 5.41) is 3.22. The topological polar surface area (TPSA) is 88.8 Å². The summed E-state index contributed by atoms with van der Waals surface area (Å²) in [7, 11) is 2.16. The maximum atomic E-state index is 6.05. The number of rotatable bonds is 4. The molecule has 1 aromatic heterocycles. The van der Waals surface area contributed by atoms with Gasteiger partial charge in [-0.2, -0.15) is 4.98 Å². The van der Waals surface area contributed by atoms with Crippen molar-refractivity contribution < 1.29 is 9.47 Å². The van der Waals surface area contributed by atoms with Gasteiger partial charge in [0.2, 0.25) is 12.7 Å². The Morgan fingerprint density at radius 1 is 1.07 bits per heavy atom. The van der Waals surface area contributed by atoms with E-state index >= 15 is 0 Å². The van der Waals surface area contributed by atoms with Crippen molar-refractivity contribution in [2.24, 2.45) is 0 Å². The van der Waals surface area contributed by atoms with E-state index in [9.17, 15) is 0 Å². The van der Waals surface area contributed by atoms with Gasteiger partial charge in [0.1, 0.15) is 17.8 Å². The number of hydrogen-bond donors (Lipinski definition) is 2. The van der Waals surface area contributed by atoms with Crippen LogP contribution >= 0.6 is 0 Å². The number of nitrogens with one attached hydrogen (secondary N) is 1. The lowest BCUT2D eigenvalue weighted by Gasteiger charge is -2.34. The van der Waals surface area contributed by atoms with Gasteiger partial charge in [0.05, 0.1) is 0 Å². The first-order valence-corrected chi connectivity index (χ1v) is 9.00. The largest absolute Gasteiger partial charge is 0.461 e. The number of hydrogen-bond acceptors (Lipinski definition) is 8. The second-order valence-corrected chi connectivity index (χ2v) is 6.78. The summed E-state index contributed by atoms with van der Waals surface area (Å²) in [6.07, 6.45) is 1.55. The summed E-state index contributed by atoms with van der Waals surface area (Å²) in [6.45, 7) is 6.31. The molecule has 3 N–H and O–H groups in total. The molecule has 8 heteroatoms. The van der Waals surface area contributed by atoms with Crippen molar-refractivity contribution in [3.05, 3.63) is 41.8 Å². The lowest BCUT2D eigenvalue weighted by atomic mass is 10.2. The molecule has 0 aliphatic carbocycles. The summed E-state index contributed by atoms with van der Waals surface area (Å²) in [5.41, 5.74) is 9.58. The molecule has 0 bridgehead atoms. The molecule has 27 heavy (non-hydrogen) atoms. The van der Waals surface area contributed by atoms with Crippen molar-refractivity contribution in [1.82, 2.24) is 14.9 Å². The van der Waals surface area contributed by atoms with Crippen LogP contribution in [-0.4, -0.2) is 54.9 Å². The van der Waals surface area contributed by atoms with E-state index in [1.54, 1.807) is 6.26 Å². The third-order valence-electron chi connectivity index (χ3n) is 4.88. The fourth-order valence-electron chi connectivity index (χ4n) is 3.14. The number of aromatic nitrogens is 2. The second-order valence-electron chi connectivity index (χ2n) is 6.78. The molecule has 1 saturated heterocycles. The van der Waals surface area contributed by atoms with E-state index < -0.39 is 0 Å². The molecule has 1 aromatic carbocycles. The number of nitrogen functional groups attached to an aromatic ring is 1. The van der Waals surface area contributed by atoms with E-state index in [1.165, 1.54) is 5.69 Å². The van der Waals surface area contributed by atoms with Crippen LogP contribution in [0.4, 0.5) is 23.1 Å². The van der Waals surface area contributed by atoms with Crippen LogP contribution in [0.1, 0.15) is 11.3 Å². The molecule has 2 aliphatic rings. The van der Waals surface area contributed by atoms with Gasteiger partial charge in [0, 0.05) is 43.1 Å². The van der Waals surface area contributed by atoms with Crippen molar-refractivity contribution in [3.63, 3.8) is 0 Å². The monoisotopic (exact) mass is 368 g/mol. The number of piperazine rings is 1. The molecule has 4 rings (SSSR count). The summed E-state index contributed by atoms with van der Waals surface area (Å²) in [5.74, 6) is 1.40. The lowest BCUT2D eigenvalue weighted by Crippen LogP contribution is -2.44. The summed E-state index contributed by atoms with van der Waals surface area (Å²) in [6, 6.07) is 8.29. The molecule has 0 atom stereocenters. The highest BCUT2D eigenvalue weighted by Crippen LogP contribution is 2.27. The minimum Gasteiger partial charge on any atom is -0.461 e. The number of likely N-dealkylation sites (N-methyl/N-ethyl adjacent to an activating group) is 1. The molecule has 0 unspecified atom stereocenters. The zero-order chi connectivity index (χ0) is 18.8. The maximum absolute atomic E-state index is 6.05. The predicted octanol–water partition coefficient (Wildman–Crippen LogP) is 2.17. The number of nitrogens with two attached hydrogens (primary N) is 1. The Kier molecular flexibility index (Phi) is 4.72. The minimum absolute atomic E-state index is 0.190. The van der Waals surface area contributed by atoms with Crippen molar-refractivity contribution in [2.75, 3.05) is 56.0 Å². The van der Waals surface area contributed by atoms with Gasteiger partial charge >= 0.3 is 0 Å². The molecule has 1 fully saturated rings. The number of nitrogens with zero attached hydrogens (tertiary/aromatic N) is 4. The van der Waals surface area contributed by atoms with E-state index in [0.717, 1.165) is 37.4 Å². The van der Waals surface area contributed by atoms with Crippen molar-refractivity contribution in [2.45, 2.75) is 6.92 Å². The second kappa shape index (κ2) is 7.32. The van der Waals surface area contributed by atoms with E-state index in [-0.39, 0.29) is 6.79 Å². The lowest BCUT2D eigenvalue weighted by molar-refractivity contribution is 0.100. The highest BCUT2D eigenvalue weighted by Gasteiger charge is 2.18. The van der Waals surface area contributed by atoms with Crippen LogP contribution in [0.5, 0.6) is 0 Å². The van der Waals surface area contributed by atoms with E-state index in [4.69, 9.17) is 15.2 Å². The molecular weight excluding hydrogens is 344 g/mol. The molecular formula is C19H24N6O2. The molecule has 0 spiro atoms. The zero-order valence-corrected chi connectivity index (χ0v) is 15.6. The standard InChI is InChI=1S/C19H24N6O2/c1-13-17(16-11-26-12-27-16)22-19(23-18(13)20)21-14-3-5-15(6-4-14)25-9-7-24(2)8-10-25/h3-6,11H,7-10,12H2,1-2H3,(H3,20,21,22,23). The van der Waals surface area contributed by atoms with Crippen LogP contribution in [0.3, 0.4) is 0 Å². The average Bonchev–Trinajstić information content (AvgIpc) is 3.20. The third kappa shape index (κ3) is 3.75. The summed E-state index contributed by atoms with van der Waals surface area (Å²) < 4.78 is 10.6. The van der Waals surface area contributed by atoms with E-state index in [1.807, 2.05) is 19.1 Å². The summed E-state index contributed by atoms with van der Waals surface area (Å²) >= 11 is 0. The Bertz CT molecular complexity index is 844. The van der Waals surface area contributed by atoms with E-state index in [2.05, 4.69) is 44.3 Å². The number of benzene rings is 1.